The van der Waals surface area contributed by atoms with Crippen LogP contribution in [-0.4, -0.2) is 81.0 Å². The molecule has 1 unspecified atom stereocenters. The number of phenols is 1. The van der Waals surface area contributed by atoms with Gasteiger partial charge in [-0.05, 0) is 56.2 Å². The van der Waals surface area contributed by atoms with E-state index < -0.39 is 48.9 Å². The zero-order chi connectivity index (χ0) is 26.5. The van der Waals surface area contributed by atoms with Crippen LogP contribution in [0.15, 0.2) is 42.5 Å². The Morgan fingerprint density at radius 3 is 2.28 bits per heavy atom. The van der Waals surface area contributed by atoms with Gasteiger partial charge in [0.1, 0.15) is 41.7 Å². The van der Waals surface area contributed by atoms with E-state index in [0.29, 0.717) is 11.3 Å². The van der Waals surface area contributed by atoms with Crippen LogP contribution >= 0.6 is 0 Å². The Hall–Kier alpha value is -3.15. The van der Waals surface area contributed by atoms with Crippen molar-refractivity contribution in [1.29, 1.82) is 0 Å². The molecule has 1 aliphatic rings. The summed E-state index contributed by atoms with van der Waals surface area (Å²) in [6, 6.07) is 11.4. The summed E-state index contributed by atoms with van der Waals surface area (Å²) < 4.78 is 21.7. The molecule has 10 nitrogen and oxygen atoms in total. The maximum atomic E-state index is 12.0. The number of aliphatic hydroxyl groups excluding tert-OH is 4. The first kappa shape index (κ1) is 27.4. The smallest absolute Gasteiger partial charge is 0.349 e. The topological polar surface area (TPSA) is 155 Å². The molecule has 196 valence electrons. The van der Waals surface area contributed by atoms with Gasteiger partial charge in [-0.1, -0.05) is 24.3 Å². The molecule has 0 saturated carbocycles. The summed E-state index contributed by atoms with van der Waals surface area (Å²) in [6.45, 7) is 4.67. The van der Waals surface area contributed by atoms with Gasteiger partial charge in [0, 0.05) is 6.07 Å². The zero-order valence-corrected chi connectivity index (χ0v) is 20.3. The van der Waals surface area contributed by atoms with Gasteiger partial charge in [0.25, 0.3) is 0 Å². The number of aliphatic hydroxyl groups is 4. The molecule has 1 saturated heterocycles. The molecule has 1 fully saturated rings. The largest absolute Gasteiger partial charge is 0.508 e. The van der Waals surface area contributed by atoms with Crippen LogP contribution in [0.3, 0.4) is 0 Å². The van der Waals surface area contributed by atoms with E-state index >= 15 is 0 Å². The molecular formula is C26H32O10. The molecule has 2 aromatic rings. The monoisotopic (exact) mass is 504 g/mol. The summed E-state index contributed by atoms with van der Waals surface area (Å²) in [7, 11) is 0. The molecule has 0 radical (unpaired) electrons. The van der Waals surface area contributed by atoms with Gasteiger partial charge in [0.2, 0.25) is 6.29 Å². The predicted octanol–water partition coefficient (Wildman–Crippen LogP) is 1.46. The molecule has 0 aromatic heterocycles. The van der Waals surface area contributed by atoms with Crippen LogP contribution in [0.2, 0.25) is 0 Å². The third-order valence-corrected chi connectivity index (χ3v) is 5.50. The van der Waals surface area contributed by atoms with E-state index in [-0.39, 0.29) is 18.1 Å². The summed E-state index contributed by atoms with van der Waals surface area (Å²) >= 11 is 0. The molecular weight excluding hydrogens is 472 g/mol. The van der Waals surface area contributed by atoms with Gasteiger partial charge < -0.3 is 44.5 Å². The maximum absolute atomic E-state index is 12.0. The van der Waals surface area contributed by atoms with E-state index in [0.717, 1.165) is 5.56 Å². The van der Waals surface area contributed by atoms with Crippen LogP contribution < -0.4 is 9.47 Å². The molecule has 0 spiro atoms. The highest BCUT2D eigenvalue weighted by Gasteiger charge is 2.44. The number of aromatic hydroxyl groups is 1. The van der Waals surface area contributed by atoms with Gasteiger partial charge in [-0.3, -0.25) is 0 Å². The molecule has 36 heavy (non-hydrogen) atoms. The fraction of sp³-hybridized carbons (Fsp3) is 0.423. The van der Waals surface area contributed by atoms with Crippen molar-refractivity contribution in [2.24, 2.45) is 0 Å². The Morgan fingerprint density at radius 2 is 1.64 bits per heavy atom. The average molecular weight is 505 g/mol. The van der Waals surface area contributed by atoms with Crippen molar-refractivity contribution in [2.45, 2.75) is 57.1 Å². The maximum Gasteiger partial charge on any atom is 0.349 e. The summed E-state index contributed by atoms with van der Waals surface area (Å²) in [5, 5.41) is 49.4. The summed E-state index contributed by atoms with van der Waals surface area (Å²) in [5.74, 6) is 0.0722. The van der Waals surface area contributed by atoms with Crippen LogP contribution in [0, 0.1) is 0 Å². The van der Waals surface area contributed by atoms with E-state index in [1.165, 1.54) is 12.1 Å². The fourth-order valence-corrected chi connectivity index (χ4v) is 3.55. The third-order valence-electron chi connectivity index (χ3n) is 5.50. The van der Waals surface area contributed by atoms with Gasteiger partial charge in [0.15, 0.2) is 5.60 Å². The Morgan fingerprint density at radius 1 is 0.972 bits per heavy atom. The number of ether oxygens (including phenoxy) is 4. The van der Waals surface area contributed by atoms with Gasteiger partial charge in [-0.25, -0.2) is 4.79 Å². The lowest BCUT2D eigenvalue weighted by Crippen LogP contribution is -2.60. The highest BCUT2D eigenvalue weighted by atomic mass is 16.7. The highest BCUT2D eigenvalue weighted by Crippen LogP contribution is 2.28. The van der Waals surface area contributed by atoms with Gasteiger partial charge >= 0.3 is 5.97 Å². The number of hydrogen-bond donors (Lipinski definition) is 5. The number of phenolic OH excluding ortho intramolecular Hbond substituents is 1. The van der Waals surface area contributed by atoms with E-state index in [1.54, 1.807) is 63.3 Å². The number of hydrogen-bond acceptors (Lipinski definition) is 10. The van der Waals surface area contributed by atoms with Crippen LogP contribution in [0.5, 0.6) is 17.2 Å². The first-order valence-corrected chi connectivity index (χ1v) is 11.5. The van der Waals surface area contributed by atoms with Crippen molar-refractivity contribution in [2.75, 3.05) is 13.2 Å². The first-order valence-electron chi connectivity index (χ1n) is 11.5. The molecule has 2 aromatic carbocycles. The zero-order valence-electron chi connectivity index (χ0n) is 20.3. The number of esters is 1. The van der Waals surface area contributed by atoms with Crippen molar-refractivity contribution < 1.29 is 49.3 Å². The lowest BCUT2D eigenvalue weighted by atomic mass is 9.99. The standard InChI is InChI=1S/C26H32O10/c1-4-33-25(32)26(2,3)36-18-9-7-15(8-10-18)5-6-16-11-17(28)13-19(12-16)34-24-23(31)22(30)21(29)20(14-27)35-24/h5-13,20-24,27-31H,4,14H2,1-3H3/b6-5+/t20-,21-,22+,23-,24?/m1/s1. The van der Waals surface area contributed by atoms with Crippen molar-refractivity contribution in [1.82, 2.24) is 0 Å². The lowest BCUT2D eigenvalue weighted by Gasteiger charge is -2.39. The first-order chi connectivity index (χ1) is 17.0. The van der Waals surface area contributed by atoms with Crippen LogP contribution in [0.1, 0.15) is 31.9 Å². The Kier molecular flexibility index (Phi) is 8.93. The van der Waals surface area contributed by atoms with Crippen molar-refractivity contribution in [3.05, 3.63) is 53.6 Å². The number of rotatable bonds is 9. The van der Waals surface area contributed by atoms with Crippen LogP contribution in [-0.2, 0) is 14.3 Å². The molecule has 1 heterocycles. The van der Waals surface area contributed by atoms with Gasteiger partial charge in [-0.2, -0.15) is 0 Å². The second-order valence-electron chi connectivity index (χ2n) is 8.81. The average Bonchev–Trinajstić information content (AvgIpc) is 2.83. The number of carbonyl (C=O) groups is 1. The number of benzene rings is 2. The summed E-state index contributed by atoms with van der Waals surface area (Å²) in [6.07, 6.45) is -3.62. The molecule has 5 N–H and O–H groups in total. The quantitative estimate of drug-likeness (QED) is 0.250. The fourth-order valence-electron chi connectivity index (χ4n) is 3.55. The molecule has 10 heteroatoms. The van der Waals surface area contributed by atoms with Crippen molar-refractivity contribution >= 4 is 18.1 Å². The molecule has 1 aliphatic heterocycles. The minimum absolute atomic E-state index is 0.110. The van der Waals surface area contributed by atoms with E-state index in [1.807, 2.05) is 0 Å². The summed E-state index contributed by atoms with van der Waals surface area (Å²) in [4.78, 5) is 12.0. The Labute approximate surface area is 208 Å². The van der Waals surface area contributed by atoms with E-state index in [4.69, 9.17) is 18.9 Å². The highest BCUT2D eigenvalue weighted by molar-refractivity contribution is 5.79. The minimum atomic E-state index is -1.58. The lowest BCUT2D eigenvalue weighted by molar-refractivity contribution is -0.277. The van der Waals surface area contributed by atoms with Gasteiger partial charge in [-0.15, -0.1) is 0 Å². The van der Waals surface area contributed by atoms with Crippen molar-refractivity contribution in [3.8, 4) is 17.2 Å². The molecule has 3 rings (SSSR count). The Balaban J connectivity index is 1.69. The van der Waals surface area contributed by atoms with Gasteiger partial charge in [0.05, 0.1) is 13.2 Å². The van der Waals surface area contributed by atoms with E-state index in [2.05, 4.69) is 0 Å². The third kappa shape index (κ3) is 6.74. The molecule has 0 bridgehead atoms. The van der Waals surface area contributed by atoms with Crippen molar-refractivity contribution in [3.63, 3.8) is 0 Å². The van der Waals surface area contributed by atoms with Crippen LogP contribution in [0.4, 0.5) is 0 Å². The second kappa shape index (κ2) is 11.7. The van der Waals surface area contributed by atoms with Crippen LogP contribution in [0.25, 0.3) is 12.2 Å². The molecule has 0 aliphatic carbocycles. The molecule has 5 atom stereocenters. The molecule has 0 amide bonds. The SMILES string of the molecule is CCOC(=O)C(C)(C)Oc1ccc(/C=C/c2cc(O)cc(OC3O[C@H](CO)[C@@H](O)[C@H](O)[C@H]3O)c2)cc1. The summed E-state index contributed by atoms with van der Waals surface area (Å²) in [5.41, 5.74) is 0.251. The normalized spacial score (nSPS) is 24.5. The second-order valence-corrected chi connectivity index (χ2v) is 8.81. The number of carbonyl (C=O) groups excluding carboxylic acids is 1. The Bertz CT molecular complexity index is 1050. The minimum Gasteiger partial charge on any atom is -0.508 e. The van der Waals surface area contributed by atoms with E-state index in [9.17, 15) is 30.3 Å². The predicted molar refractivity (Wildman–Crippen MR) is 129 cm³/mol.